The molecule has 0 aromatic rings. The van der Waals surface area contributed by atoms with Crippen molar-refractivity contribution in [1.82, 2.24) is 0 Å². The first-order valence-corrected chi connectivity index (χ1v) is 27.7. The SMILES string of the molecule is CCCCCCCCCCCCC(=O)O[C@H](COC(=O)CCCCCCCCCCCCCCCCCCC(C)C)COC(=O)CCCCCCCCCCCCCCC(C)C. The second-order valence-electron chi connectivity index (χ2n) is 20.2. The van der Waals surface area contributed by atoms with Crippen LogP contribution in [0.15, 0.2) is 0 Å². The van der Waals surface area contributed by atoms with Crippen LogP contribution in [-0.2, 0) is 28.6 Å². The molecule has 0 heterocycles. The van der Waals surface area contributed by atoms with E-state index >= 15 is 0 Å². The van der Waals surface area contributed by atoms with Gasteiger partial charge in [-0.2, -0.15) is 0 Å². The maximum atomic E-state index is 12.8. The second-order valence-corrected chi connectivity index (χ2v) is 20.2. The van der Waals surface area contributed by atoms with Gasteiger partial charge in [0.15, 0.2) is 6.10 Å². The van der Waals surface area contributed by atoms with Crippen molar-refractivity contribution in [3.8, 4) is 0 Å². The van der Waals surface area contributed by atoms with E-state index in [1.54, 1.807) is 0 Å². The largest absolute Gasteiger partial charge is 0.462 e. The monoisotopic (exact) mass is 877 g/mol. The Morgan fingerprint density at radius 2 is 0.532 bits per heavy atom. The van der Waals surface area contributed by atoms with Crippen molar-refractivity contribution in [3.05, 3.63) is 0 Å². The standard InChI is InChI=1S/C56H108O6/c1-6-7-8-9-10-11-26-33-38-43-48-56(59)62-53(50-61-55(58)47-42-37-32-28-23-19-18-21-25-30-35-40-45-52(4)5)49-60-54(57)46-41-36-31-27-22-17-15-13-12-14-16-20-24-29-34-39-44-51(2)3/h51-53H,6-50H2,1-5H3/t53-/m1/s1. The summed E-state index contributed by atoms with van der Waals surface area (Å²) in [7, 11) is 0. The molecule has 0 aromatic carbocycles. The molecule has 0 amide bonds. The Kier molecular flexibility index (Phi) is 47.6. The lowest BCUT2D eigenvalue weighted by atomic mass is 10.0. The van der Waals surface area contributed by atoms with Crippen LogP contribution >= 0.6 is 0 Å². The number of carbonyl (C=O) groups excluding carboxylic acids is 3. The van der Waals surface area contributed by atoms with Gasteiger partial charge < -0.3 is 14.2 Å². The minimum absolute atomic E-state index is 0.0630. The van der Waals surface area contributed by atoms with Crippen LogP contribution in [0.3, 0.4) is 0 Å². The highest BCUT2D eigenvalue weighted by molar-refractivity contribution is 5.71. The van der Waals surface area contributed by atoms with Crippen LogP contribution in [0.1, 0.15) is 311 Å². The predicted molar refractivity (Wildman–Crippen MR) is 266 cm³/mol. The summed E-state index contributed by atoms with van der Waals surface area (Å²) in [6.45, 7) is 11.4. The van der Waals surface area contributed by atoms with Crippen LogP contribution in [0.5, 0.6) is 0 Å². The molecule has 6 heteroatoms. The van der Waals surface area contributed by atoms with E-state index in [4.69, 9.17) is 14.2 Å². The molecule has 1 atom stereocenters. The Bertz CT molecular complexity index is 947. The van der Waals surface area contributed by atoms with E-state index in [9.17, 15) is 14.4 Å². The molecule has 0 saturated carbocycles. The van der Waals surface area contributed by atoms with Gasteiger partial charge in [0.05, 0.1) is 0 Å². The van der Waals surface area contributed by atoms with E-state index in [0.717, 1.165) is 69.6 Å². The van der Waals surface area contributed by atoms with Gasteiger partial charge in [0.2, 0.25) is 0 Å². The molecule has 0 rings (SSSR count). The Hall–Kier alpha value is -1.59. The lowest BCUT2D eigenvalue weighted by molar-refractivity contribution is -0.167. The summed E-state index contributed by atoms with van der Waals surface area (Å²) in [5.74, 6) is 0.843. The number of esters is 3. The van der Waals surface area contributed by atoms with Gasteiger partial charge in [0.25, 0.3) is 0 Å². The summed E-state index contributed by atoms with van der Waals surface area (Å²) in [4.78, 5) is 38.0. The third kappa shape index (κ3) is 49.4. The summed E-state index contributed by atoms with van der Waals surface area (Å²) in [6, 6.07) is 0. The third-order valence-electron chi connectivity index (χ3n) is 12.7. The van der Waals surface area contributed by atoms with E-state index in [1.807, 2.05) is 0 Å². The quantitative estimate of drug-likeness (QED) is 0.0344. The summed E-state index contributed by atoms with van der Waals surface area (Å²) < 4.78 is 16.8. The van der Waals surface area contributed by atoms with Crippen LogP contribution < -0.4 is 0 Å². The Morgan fingerprint density at radius 1 is 0.306 bits per heavy atom. The van der Waals surface area contributed by atoms with Gasteiger partial charge in [-0.25, -0.2) is 0 Å². The van der Waals surface area contributed by atoms with Gasteiger partial charge in [-0.3, -0.25) is 14.4 Å². The number of rotatable bonds is 50. The molecule has 0 aliphatic heterocycles. The molecule has 0 N–H and O–H groups in total. The minimum atomic E-state index is -0.761. The van der Waals surface area contributed by atoms with Gasteiger partial charge in [0.1, 0.15) is 13.2 Å². The molecule has 368 valence electrons. The first-order valence-electron chi connectivity index (χ1n) is 27.7. The summed E-state index contributed by atoms with van der Waals surface area (Å²) >= 11 is 0. The fraction of sp³-hybridized carbons (Fsp3) is 0.946. The van der Waals surface area contributed by atoms with Gasteiger partial charge in [-0.05, 0) is 31.1 Å². The number of hydrogen-bond acceptors (Lipinski definition) is 6. The average molecular weight is 877 g/mol. The van der Waals surface area contributed by atoms with Crippen LogP contribution in [0.4, 0.5) is 0 Å². The zero-order valence-electron chi connectivity index (χ0n) is 42.5. The van der Waals surface area contributed by atoms with Crippen molar-refractivity contribution in [2.24, 2.45) is 11.8 Å². The molecule has 0 saturated heterocycles. The first-order chi connectivity index (χ1) is 30.2. The van der Waals surface area contributed by atoms with Crippen molar-refractivity contribution in [2.75, 3.05) is 13.2 Å². The number of unbranched alkanes of at least 4 members (excludes halogenated alkanes) is 35. The molecule has 62 heavy (non-hydrogen) atoms. The van der Waals surface area contributed by atoms with E-state index in [0.29, 0.717) is 19.3 Å². The molecule has 6 nitrogen and oxygen atoms in total. The highest BCUT2D eigenvalue weighted by Crippen LogP contribution is 2.18. The van der Waals surface area contributed by atoms with Crippen LogP contribution in [-0.4, -0.2) is 37.2 Å². The molecule has 0 bridgehead atoms. The fourth-order valence-electron chi connectivity index (χ4n) is 8.52. The van der Waals surface area contributed by atoms with Crippen molar-refractivity contribution in [1.29, 1.82) is 0 Å². The minimum Gasteiger partial charge on any atom is -0.462 e. The summed E-state index contributed by atoms with van der Waals surface area (Å²) in [5, 5.41) is 0. The van der Waals surface area contributed by atoms with Crippen molar-refractivity contribution >= 4 is 17.9 Å². The Labute approximate surface area is 387 Å². The van der Waals surface area contributed by atoms with Gasteiger partial charge in [-0.1, -0.05) is 272 Å². The molecule has 0 radical (unpaired) electrons. The maximum absolute atomic E-state index is 12.8. The number of ether oxygens (including phenoxy) is 3. The Balaban J connectivity index is 4.22. The molecular weight excluding hydrogens is 769 g/mol. The predicted octanol–water partition coefficient (Wildman–Crippen LogP) is 18.1. The molecular formula is C56H108O6. The summed E-state index contributed by atoms with van der Waals surface area (Å²) in [5.41, 5.74) is 0. The smallest absolute Gasteiger partial charge is 0.306 e. The van der Waals surface area contributed by atoms with Crippen LogP contribution in [0.25, 0.3) is 0 Å². The van der Waals surface area contributed by atoms with Gasteiger partial charge >= 0.3 is 17.9 Å². The number of hydrogen-bond donors (Lipinski definition) is 0. The highest BCUT2D eigenvalue weighted by atomic mass is 16.6. The molecule has 0 spiro atoms. The van der Waals surface area contributed by atoms with Gasteiger partial charge in [-0.15, -0.1) is 0 Å². The number of carbonyl (C=O) groups is 3. The molecule has 0 fully saturated rings. The fourth-order valence-corrected chi connectivity index (χ4v) is 8.52. The lowest BCUT2D eigenvalue weighted by Gasteiger charge is -2.18. The van der Waals surface area contributed by atoms with Crippen LogP contribution in [0.2, 0.25) is 0 Å². The zero-order valence-corrected chi connectivity index (χ0v) is 42.5. The Morgan fingerprint density at radius 3 is 0.790 bits per heavy atom. The van der Waals surface area contributed by atoms with E-state index in [1.165, 1.54) is 199 Å². The zero-order chi connectivity index (χ0) is 45.4. The second kappa shape index (κ2) is 48.9. The van der Waals surface area contributed by atoms with Gasteiger partial charge in [0, 0.05) is 19.3 Å². The summed E-state index contributed by atoms with van der Waals surface area (Å²) in [6.07, 6.45) is 50.9. The van der Waals surface area contributed by atoms with Crippen LogP contribution in [0, 0.1) is 11.8 Å². The molecule has 0 aromatic heterocycles. The topological polar surface area (TPSA) is 78.9 Å². The lowest BCUT2D eigenvalue weighted by Crippen LogP contribution is -2.30. The first kappa shape index (κ1) is 60.4. The molecule has 0 unspecified atom stereocenters. The van der Waals surface area contributed by atoms with E-state index < -0.39 is 6.10 Å². The maximum Gasteiger partial charge on any atom is 0.306 e. The molecule has 0 aliphatic rings. The van der Waals surface area contributed by atoms with E-state index in [-0.39, 0.29) is 31.1 Å². The average Bonchev–Trinajstić information content (AvgIpc) is 3.24. The van der Waals surface area contributed by atoms with E-state index in [2.05, 4.69) is 34.6 Å². The highest BCUT2D eigenvalue weighted by Gasteiger charge is 2.19. The molecule has 0 aliphatic carbocycles. The van der Waals surface area contributed by atoms with Crippen molar-refractivity contribution in [3.63, 3.8) is 0 Å². The normalized spacial score (nSPS) is 12.0. The van der Waals surface area contributed by atoms with Crippen molar-refractivity contribution in [2.45, 2.75) is 317 Å². The van der Waals surface area contributed by atoms with Crippen molar-refractivity contribution < 1.29 is 28.6 Å². The third-order valence-corrected chi connectivity index (χ3v) is 12.7.